The Bertz CT molecular complexity index is 665. The average molecular weight is 300 g/mol. The number of fused-ring (bicyclic) bond motifs is 1. The number of carboxylic acid groups (broad SMARTS) is 1. The van der Waals surface area contributed by atoms with Gasteiger partial charge in [-0.1, -0.05) is 44.0 Å². The molecule has 0 radical (unpaired) electrons. The van der Waals surface area contributed by atoms with E-state index >= 15 is 0 Å². The smallest absolute Gasteiger partial charge is 0.326 e. The number of nitrogens with one attached hydrogen (secondary N) is 1. The van der Waals surface area contributed by atoms with Crippen LogP contribution in [0.5, 0.6) is 0 Å². The molecule has 1 aromatic heterocycles. The van der Waals surface area contributed by atoms with Gasteiger partial charge in [0.05, 0.1) is 11.9 Å². The minimum Gasteiger partial charge on any atom is -0.480 e. The van der Waals surface area contributed by atoms with E-state index in [-0.39, 0.29) is 12.3 Å². The molecule has 5 heteroatoms. The van der Waals surface area contributed by atoms with Crippen molar-refractivity contribution in [1.82, 2.24) is 10.3 Å². The molecule has 2 aromatic rings. The van der Waals surface area contributed by atoms with Gasteiger partial charge in [0.1, 0.15) is 6.04 Å². The minimum absolute atomic E-state index is 0.129. The summed E-state index contributed by atoms with van der Waals surface area (Å²) < 4.78 is 0. The zero-order valence-electron chi connectivity index (χ0n) is 12.6. The van der Waals surface area contributed by atoms with Crippen LogP contribution in [0, 0.1) is 0 Å². The highest BCUT2D eigenvalue weighted by atomic mass is 16.4. The van der Waals surface area contributed by atoms with Crippen molar-refractivity contribution in [3.8, 4) is 0 Å². The number of pyridine rings is 1. The number of carbonyl (C=O) groups excluding carboxylic acids is 1. The number of amides is 1. The maximum atomic E-state index is 12.1. The van der Waals surface area contributed by atoms with Crippen molar-refractivity contribution in [2.24, 2.45) is 0 Å². The van der Waals surface area contributed by atoms with E-state index in [1.807, 2.05) is 37.3 Å². The third-order valence-corrected chi connectivity index (χ3v) is 3.55. The Kier molecular flexibility index (Phi) is 5.47. The molecular weight excluding hydrogens is 280 g/mol. The maximum Gasteiger partial charge on any atom is 0.326 e. The average Bonchev–Trinajstić information content (AvgIpc) is 2.51. The fraction of sp³-hybridized carbons (Fsp3) is 0.353. The molecule has 0 aliphatic rings. The molecule has 0 spiro atoms. The number of aliphatic carboxylic acids is 1. The van der Waals surface area contributed by atoms with Crippen molar-refractivity contribution < 1.29 is 14.7 Å². The molecule has 0 saturated heterocycles. The number of benzene rings is 1. The highest BCUT2D eigenvalue weighted by Crippen LogP contribution is 2.16. The van der Waals surface area contributed by atoms with Crippen molar-refractivity contribution >= 4 is 22.8 Å². The van der Waals surface area contributed by atoms with Gasteiger partial charge in [-0.05, 0) is 18.1 Å². The number of hydrogen-bond acceptors (Lipinski definition) is 3. The molecule has 1 aromatic carbocycles. The molecule has 1 atom stereocenters. The number of hydrogen-bond donors (Lipinski definition) is 2. The molecule has 2 N–H and O–H groups in total. The first kappa shape index (κ1) is 15.9. The van der Waals surface area contributed by atoms with Gasteiger partial charge >= 0.3 is 5.97 Å². The SMILES string of the molecule is CCCCC(NC(=O)Cc1cccc2cccnc12)C(=O)O. The molecule has 22 heavy (non-hydrogen) atoms. The fourth-order valence-electron chi connectivity index (χ4n) is 2.39. The monoisotopic (exact) mass is 300 g/mol. The summed E-state index contributed by atoms with van der Waals surface area (Å²) in [6.45, 7) is 1.99. The minimum atomic E-state index is -0.988. The third kappa shape index (κ3) is 4.04. The molecule has 1 heterocycles. The predicted octanol–water partition coefficient (Wildman–Crippen LogP) is 2.54. The van der Waals surface area contributed by atoms with E-state index in [9.17, 15) is 9.59 Å². The Morgan fingerprint density at radius 2 is 2.05 bits per heavy atom. The van der Waals surface area contributed by atoms with Crippen LogP contribution in [0.4, 0.5) is 0 Å². The largest absolute Gasteiger partial charge is 0.480 e. The summed E-state index contributed by atoms with van der Waals surface area (Å²) in [6, 6.07) is 8.61. The Labute approximate surface area is 129 Å². The van der Waals surface area contributed by atoms with E-state index < -0.39 is 12.0 Å². The molecule has 0 saturated carbocycles. The van der Waals surface area contributed by atoms with Crippen molar-refractivity contribution in [2.45, 2.75) is 38.6 Å². The summed E-state index contributed by atoms with van der Waals surface area (Å²) in [7, 11) is 0. The van der Waals surface area contributed by atoms with Crippen LogP contribution >= 0.6 is 0 Å². The normalized spacial score (nSPS) is 12.0. The topological polar surface area (TPSA) is 79.3 Å². The van der Waals surface area contributed by atoms with Crippen LogP contribution < -0.4 is 5.32 Å². The van der Waals surface area contributed by atoms with Crippen molar-refractivity contribution in [2.75, 3.05) is 0 Å². The highest BCUT2D eigenvalue weighted by molar-refractivity contribution is 5.89. The summed E-state index contributed by atoms with van der Waals surface area (Å²) in [4.78, 5) is 27.6. The van der Waals surface area contributed by atoms with Gasteiger partial charge in [0, 0.05) is 11.6 Å². The zero-order valence-corrected chi connectivity index (χ0v) is 12.6. The number of carbonyl (C=O) groups is 2. The van der Waals surface area contributed by atoms with Crippen LogP contribution in [0.1, 0.15) is 31.7 Å². The third-order valence-electron chi connectivity index (χ3n) is 3.55. The van der Waals surface area contributed by atoms with Crippen LogP contribution in [0.2, 0.25) is 0 Å². The van der Waals surface area contributed by atoms with E-state index in [1.54, 1.807) is 6.20 Å². The number of nitrogens with zero attached hydrogens (tertiary/aromatic N) is 1. The van der Waals surface area contributed by atoms with Gasteiger partial charge in [0.25, 0.3) is 0 Å². The van der Waals surface area contributed by atoms with E-state index in [1.165, 1.54) is 0 Å². The van der Waals surface area contributed by atoms with Crippen LogP contribution in [0.25, 0.3) is 10.9 Å². The fourth-order valence-corrected chi connectivity index (χ4v) is 2.39. The second kappa shape index (κ2) is 7.54. The van der Waals surface area contributed by atoms with Gasteiger partial charge in [-0.15, -0.1) is 0 Å². The summed E-state index contributed by atoms with van der Waals surface area (Å²) in [5.74, 6) is -1.28. The summed E-state index contributed by atoms with van der Waals surface area (Å²) in [6.07, 6.45) is 3.93. The molecule has 0 fully saturated rings. The quantitative estimate of drug-likeness (QED) is 0.823. The molecule has 0 bridgehead atoms. The number of rotatable bonds is 7. The van der Waals surface area contributed by atoms with Gasteiger partial charge in [-0.2, -0.15) is 0 Å². The zero-order chi connectivity index (χ0) is 15.9. The summed E-state index contributed by atoms with van der Waals surface area (Å²) in [5, 5.41) is 12.7. The lowest BCUT2D eigenvalue weighted by Gasteiger charge is -2.14. The first-order valence-corrected chi connectivity index (χ1v) is 7.46. The van der Waals surface area contributed by atoms with E-state index in [4.69, 9.17) is 5.11 Å². The van der Waals surface area contributed by atoms with Crippen LogP contribution in [-0.4, -0.2) is 28.0 Å². The first-order valence-electron chi connectivity index (χ1n) is 7.46. The molecule has 5 nitrogen and oxygen atoms in total. The predicted molar refractivity (Wildman–Crippen MR) is 84.5 cm³/mol. The Balaban J connectivity index is 2.08. The number of aromatic nitrogens is 1. The van der Waals surface area contributed by atoms with Crippen LogP contribution in [0.3, 0.4) is 0 Å². The molecule has 1 unspecified atom stereocenters. The summed E-state index contributed by atoms with van der Waals surface area (Å²) >= 11 is 0. The van der Waals surface area contributed by atoms with Crippen LogP contribution in [0.15, 0.2) is 36.5 Å². The highest BCUT2D eigenvalue weighted by Gasteiger charge is 2.19. The van der Waals surface area contributed by atoms with Gasteiger partial charge in [0.2, 0.25) is 5.91 Å². The van der Waals surface area contributed by atoms with E-state index in [0.29, 0.717) is 6.42 Å². The standard InChI is InChI=1S/C17H20N2O3/c1-2-3-9-14(17(21)22)19-15(20)11-13-7-4-6-12-8-5-10-18-16(12)13/h4-8,10,14H,2-3,9,11H2,1H3,(H,19,20)(H,21,22). The van der Waals surface area contributed by atoms with E-state index in [2.05, 4.69) is 10.3 Å². The van der Waals surface area contributed by atoms with Gasteiger partial charge in [-0.3, -0.25) is 9.78 Å². The molecular formula is C17H20N2O3. The lowest BCUT2D eigenvalue weighted by atomic mass is 10.1. The van der Waals surface area contributed by atoms with Gasteiger partial charge in [0.15, 0.2) is 0 Å². The van der Waals surface area contributed by atoms with Gasteiger partial charge in [-0.25, -0.2) is 4.79 Å². The molecule has 0 aliphatic heterocycles. The summed E-state index contributed by atoms with van der Waals surface area (Å²) in [5.41, 5.74) is 1.58. The Morgan fingerprint density at radius 1 is 1.27 bits per heavy atom. The second-order valence-electron chi connectivity index (χ2n) is 5.27. The molecule has 2 rings (SSSR count). The number of carboxylic acids is 1. The number of unbranched alkanes of at least 4 members (excludes halogenated alkanes) is 1. The lowest BCUT2D eigenvalue weighted by Crippen LogP contribution is -2.41. The first-order chi connectivity index (χ1) is 10.6. The molecule has 0 aliphatic carbocycles. The van der Waals surface area contributed by atoms with Crippen molar-refractivity contribution in [3.05, 3.63) is 42.1 Å². The maximum absolute atomic E-state index is 12.1. The lowest BCUT2D eigenvalue weighted by molar-refractivity contribution is -0.141. The van der Waals surface area contributed by atoms with Crippen LogP contribution in [-0.2, 0) is 16.0 Å². The number of para-hydroxylation sites is 1. The van der Waals surface area contributed by atoms with Gasteiger partial charge < -0.3 is 10.4 Å². The Morgan fingerprint density at radius 3 is 2.77 bits per heavy atom. The molecule has 1 amide bonds. The van der Waals surface area contributed by atoms with E-state index in [0.717, 1.165) is 29.3 Å². The van der Waals surface area contributed by atoms with Crippen molar-refractivity contribution in [1.29, 1.82) is 0 Å². The Hall–Kier alpha value is -2.43. The second-order valence-corrected chi connectivity index (χ2v) is 5.27. The molecule has 116 valence electrons. The van der Waals surface area contributed by atoms with Crippen molar-refractivity contribution in [3.63, 3.8) is 0 Å².